The molecule has 3 rings (SSSR count). The van der Waals surface area contributed by atoms with Crippen molar-refractivity contribution >= 4 is 38.6 Å². The van der Waals surface area contributed by atoms with Crippen molar-refractivity contribution in [2.24, 2.45) is 0 Å². The first-order chi connectivity index (χ1) is 9.54. The summed E-state index contributed by atoms with van der Waals surface area (Å²) in [6.07, 6.45) is 0. The Bertz CT molecular complexity index is 843. The third-order valence-electron chi connectivity index (χ3n) is 2.97. The van der Waals surface area contributed by atoms with Gasteiger partial charge in [0.05, 0.1) is 10.9 Å². The number of nitrogens with one attached hydrogen (secondary N) is 1. The molecule has 0 saturated heterocycles. The van der Waals surface area contributed by atoms with Crippen LogP contribution < -0.4 is 5.76 Å². The second kappa shape index (κ2) is 5.07. The number of fused-ring (bicyclic) bond motifs is 1. The fraction of sp³-hybridized carbons (Fsp3) is 0.0714. The van der Waals surface area contributed by atoms with E-state index in [0.717, 1.165) is 11.1 Å². The molecule has 1 aromatic heterocycles. The fourth-order valence-electron chi connectivity index (χ4n) is 2.01. The number of benzene rings is 2. The van der Waals surface area contributed by atoms with E-state index >= 15 is 0 Å². The molecule has 102 valence electrons. The molecule has 0 aliphatic heterocycles. The largest absolute Gasteiger partial charge is 0.417 e. The Labute approximate surface area is 126 Å². The molecule has 0 fully saturated rings. The molecule has 0 aliphatic rings. The Balaban J connectivity index is 2.06. The highest BCUT2D eigenvalue weighted by Gasteiger charge is 2.16. The van der Waals surface area contributed by atoms with Crippen LogP contribution >= 0.6 is 27.5 Å². The van der Waals surface area contributed by atoms with Gasteiger partial charge >= 0.3 is 5.76 Å². The molecule has 0 radical (unpaired) electrons. The monoisotopic (exact) mass is 355 g/mol. The van der Waals surface area contributed by atoms with Crippen molar-refractivity contribution in [3.8, 4) is 0 Å². The number of aromatic nitrogens is 1. The topological polar surface area (TPSA) is 46.0 Å². The predicted molar refractivity (Wildman–Crippen MR) is 78.6 cm³/mol. The van der Waals surface area contributed by atoms with Crippen molar-refractivity contribution in [3.63, 3.8) is 0 Å². The molecular formula is C14H8BrClFNO2. The van der Waals surface area contributed by atoms with Crippen molar-refractivity contribution in [1.29, 1.82) is 0 Å². The first kappa shape index (κ1) is 13.4. The van der Waals surface area contributed by atoms with Gasteiger partial charge in [-0.25, -0.2) is 9.18 Å². The number of hydrogen-bond acceptors (Lipinski definition) is 2. The van der Waals surface area contributed by atoms with E-state index in [9.17, 15) is 9.18 Å². The maximum absolute atomic E-state index is 13.1. The lowest BCUT2D eigenvalue weighted by molar-refractivity contribution is 0.555. The molecular weight excluding hydrogens is 349 g/mol. The van der Waals surface area contributed by atoms with Crippen molar-refractivity contribution in [2.45, 2.75) is 5.38 Å². The Morgan fingerprint density at radius 2 is 2.05 bits per heavy atom. The summed E-state index contributed by atoms with van der Waals surface area (Å²) in [6.45, 7) is 0. The van der Waals surface area contributed by atoms with Crippen LogP contribution in [-0.2, 0) is 0 Å². The standard InChI is InChI=1S/C14H8BrClFNO2/c15-10-6-8(17)2-3-9(10)13(16)7-1-4-11-12(5-7)20-14(19)18-11/h1-6,13H,(H,18,19). The van der Waals surface area contributed by atoms with Crippen LogP contribution in [0.3, 0.4) is 0 Å². The summed E-state index contributed by atoms with van der Waals surface area (Å²) in [5, 5.41) is -0.477. The van der Waals surface area contributed by atoms with E-state index in [4.69, 9.17) is 16.0 Å². The van der Waals surface area contributed by atoms with E-state index in [2.05, 4.69) is 20.9 Å². The second-order valence-corrected chi connectivity index (χ2v) is 5.59. The summed E-state index contributed by atoms with van der Waals surface area (Å²) in [5.74, 6) is -0.845. The van der Waals surface area contributed by atoms with Crippen molar-refractivity contribution < 1.29 is 8.81 Å². The number of oxazole rings is 1. The predicted octanol–water partition coefficient (Wildman–Crippen LogP) is 4.35. The lowest BCUT2D eigenvalue weighted by Crippen LogP contribution is -1.95. The van der Waals surface area contributed by atoms with Gasteiger partial charge in [0.2, 0.25) is 0 Å². The minimum Gasteiger partial charge on any atom is -0.408 e. The smallest absolute Gasteiger partial charge is 0.408 e. The molecule has 1 unspecified atom stereocenters. The number of H-pyrrole nitrogens is 1. The van der Waals surface area contributed by atoms with Crippen LogP contribution in [0.25, 0.3) is 11.1 Å². The zero-order valence-corrected chi connectivity index (χ0v) is 12.3. The van der Waals surface area contributed by atoms with Crippen molar-refractivity contribution in [3.05, 3.63) is 68.4 Å². The van der Waals surface area contributed by atoms with Crippen LogP contribution in [0.5, 0.6) is 0 Å². The van der Waals surface area contributed by atoms with Crippen LogP contribution in [0, 0.1) is 5.82 Å². The van der Waals surface area contributed by atoms with Crippen LogP contribution in [0.4, 0.5) is 4.39 Å². The van der Waals surface area contributed by atoms with Crippen LogP contribution in [-0.4, -0.2) is 4.98 Å². The van der Waals surface area contributed by atoms with Gasteiger partial charge in [-0.15, -0.1) is 11.6 Å². The summed E-state index contributed by atoms with van der Waals surface area (Å²) in [4.78, 5) is 13.7. The number of alkyl halides is 1. The summed E-state index contributed by atoms with van der Waals surface area (Å²) < 4.78 is 18.7. The summed E-state index contributed by atoms with van der Waals surface area (Å²) >= 11 is 9.71. The fourth-order valence-corrected chi connectivity index (χ4v) is 3.04. The van der Waals surface area contributed by atoms with Gasteiger partial charge in [-0.1, -0.05) is 28.1 Å². The maximum atomic E-state index is 13.1. The molecule has 0 bridgehead atoms. The second-order valence-electron chi connectivity index (χ2n) is 4.30. The van der Waals surface area contributed by atoms with E-state index in [-0.39, 0.29) is 5.82 Å². The molecule has 1 N–H and O–H groups in total. The Morgan fingerprint density at radius 3 is 2.80 bits per heavy atom. The normalized spacial score (nSPS) is 12.8. The molecule has 1 atom stereocenters. The number of halogens is 3. The molecule has 0 saturated carbocycles. The molecule has 1 heterocycles. The van der Waals surface area contributed by atoms with Gasteiger partial charge in [0.1, 0.15) is 5.82 Å². The minimum atomic E-state index is -0.508. The lowest BCUT2D eigenvalue weighted by atomic mass is 10.0. The number of aromatic amines is 1. The van der Waals surface area contributed by atoms with E-state index in [1.165, 1.54) is 12.1 Å². The van der Waals surface area contributed by atoms with Crippen molar-refractivity contribution in [2.75, 3.05) is 0 Å². The summed E-state index contributed by atoms with van der Waals surface area (Å²) in [7, 11) is 0. The molecule has 0 amide bonds. The Kier molecular flexibility index (Phi) is 3.40. The average Bonchev–Trinajstić information content (AvgIpc) is 2.77. The molecule has 0 aliphatic carbocycles. The highest BCUT2D eigenvalue weighted by molar-refractivity contribution is 9.10. The van der Waals surface area contributed by atoms with Gasteiger partial charge in [0.25, 0.3) is 0 Å². The van der Waals surface area contributed by atoms with Gasteiger partial charge < -0.3 is 4.42 Å². The number of hydrogen-bond donors (Lipinski definition) is 1. The average molecular weight is 357 g/mol. The van der Waals surface area contributed by atoms with Crippen LogP contribution in [0.1, 0.15) is 16.5 Å². The van der Waals surface area contributed by atoms with Gasteiger partial charge in [-0.2, -0.15) is 0 Å². The van der Waals surface area contributed by atoms with Crippen LogP contribution in [0.15, 0.2) is 50.1 Å². The third-order valence-corrected chi connectivity index (χ3v) is 4.15. The highest BCUT2D eigenvalue weighted by Crippen LogP contribution is 2.35. The number of rotatable bonds is 2. The molecule has 6 heteroatoms. The Morgan fingerprint density at radius 1 is 1.25 bits per heavy atom. The van der Waals surface area contributed by atoms with E-state index < -0.39 is 11.1 Å². The van der Waals surface area contributed by atoms with Gasteiger partial charge in [0.15, 0.2) is 5.58 Å². The maximum Gasteiger partial charge on any atom is 0.417 e. The SMILES string of the molecule is O=c1[nH]c2ccc(C(Cl)c3ccc(F)cc3Br)cc2o1. The van der Waals surface area contributed by atoms with E-state index in [1.54, 1.807) is 24.3 Å². The molecule has 0 spiro atoms. The van der Waals surface area contributed by atoms with Gasteiger partial charge in [-0.05, 0) is 35.4 Å². The quantitative estimate of drug-likeness (QED) is 0.694. The van der Waals surface area contributed by atoms with E-state index in [0.29, 0.717) is 15.6 Å². The van der Waals surface area contributed by atoms with Gasteiger partial charge in [0, 0.05) is 4.47 Å². The Hall–Kier alpha value is -1.59. The lowest BCUT2D eigenvalue weighted by Gasteiger charge is -2.12. The first-order valence-electron chi connectivity index (χ1n) is 5.76. The molecule has 2 aromatic carbocycles. The van der Waals surface area contributed by atoms with Crippen molar-refractivity contribution in [1.82, 2.24) is 4.98 Å². The van der Waals surface area contributed by atoms with Crippen LogP contribution in [0.2, 0.25) is 0 Å². The zero-order chi connectivity index (χ0) is 14.3. The third kappa shape index (κ3) is 2.39. The summed E-state index contributed by atoms with van der Waals surface area (Å²) in [5.41, 5.74) is 2.55. The first-order valence-corrected chi connectivity index (χ1v) is 6.99. The molecule has 3 nitrogen and oxygen atoms in total. The minimum absolute atomic E-state index is 0.337. The molecule has 3 aromatic rings. The van der Waals surface area contributed by atoms with Gasteiger partial charge in [-0.3, -0.25) is 4.98 Å². The highest BCUT2D eigenvalue weighted by atomic mass is 79.9. The van der Waals surface area contributed by atoms with E-state index in [1.807, 2.05) is 0 Å². The summed E-state index contributed by atoms with van der Waals surface area (Å²) in [6, 6.07) is 9.54. The zero-order valence-electron chi connectivity index (χ0n) is 9.99. The molecule has 20 heavy (non-hydrogen) atoms.